The molecule has 0 saturated heterocycles. The van der Waals surface area contributed by atoms with Crippen LogP contribution in [0.5, 0.6) is 0 Å². The number of rotatable bonds is 4. The zero-order valence-corrected chi connectivity index (χ0v) is 11.6. The molecule has 0 radical (unpaired) electrons. The van der Waals surface area contributed by atoms with Gasteiger partial charge in [0.15, 0.2) is 0 Å². The van der Waals surface area contributed by atoms with Crippen LogP contribution in [0.15, 0.2) is 18.2 Å². The number of hydrogen-bond acceptors (Lipinski definition) is 4. The number of hydrogen-bond donors (Lipinski definition) is 1. The van der Waals surface area contributed by atoms with Crippen molar-refractivity contribution >= 4 is 23.7 Å². The van der Waals surface area contributed by atoms with E-state index in [9.17, 15) is 19.2 Å². The minimum Gasteiger partial charge on any atom is -0.478 e. The molecule has 1 aromatic rings. The van der Waals surface area contributed by atoms with Crippen LogP contribution >= 0.6 is 0 Å². The number of imide groups is 1. The number of likely N-dealkylation sites (N-methyl/N-ethyl adjacent to an activating group) is 1. The van der Waals surface area contributed by atoms with E-state index in [1.165, 1.54) is 17.0 Å². The maximum atomic E-state index is 12.2. The fourth-order valence-corrected chi connectivity index (χ4v) is 2.00. The van der Waals surface area contributed by atoms with Gasteiger partial charge in [0.1, 0.15) is 6.54 Å². The van der Waals surface area contributed by atoms with E-state index in [1.807, 2.05) is 0 Å². The minimum absolute atomic E-state index is 0.0202. The van der Waals surface area contributed by atoms with Gasteiger partial charge in [0.25, 0.3) is 11.8 Å². The Morgan fingerprint density at radius 2 is 1.81 bits per heavy atom. The molecule has 1 aliphatic rings. The van der Waals surface area contributed by atoms with Gasteiger partial charge < -0.3 is 10.0 Å². The third-order valence-corrected chi connectivity index (χ3v) is 3.41. The fourth-order valence-electron chi connectivity index (χ4n) is 2.00. The molecular formula is C14H14N2O5. The first kappa shape index (κ1) is 14.7. The topological polar surface area (TPSA) is 95.0 Å². The number of carboxylic acids is 1. The number of nitrogens with zero attached hydrogens (tertiary/aromatic N) is 2. The number of amides is 3. The van der Waals surface area contributed by atoms with Crippen molar-refractivity contribution < 1.29 is 24.3 Å². The molecule has 2 rings (SSSR count). The molecule has 0 unspecified atom stereocenters. The van der Waals surface area contributed by atoms with E-state index < -0.39 is 17.8 Å². The molecule has 0 spiro atoms. The smallest absolute Gasteiger partial charge is 0.335 e. The Kier molecular flexibility index (Phi) is 3.75. The number of benzene rings is 1. The summed E-state index contributed by atoms with van der Waals surface area (Å²) in [5.41, 5.74) is 0.0672. The van der Waals surface area contributed by atoms with E-state index in [0.717, 1.165) is 11.0 Å². The van der Waals surface area contributed by atoms with Gasteiger partial charge in [-0.15, -0.1) is 0 Å². The van der Waals surface area contributed by atoms with Gasteiger partial charge in [-0.2, -0.15) is 0 Å². The predicted molar refractivity (Wildman–Crippen MR) is 72.1 cm³/mol. The number of carbonyl (C=O) groups excluding carboxylic acids is 3. The molecule has 7 heteroatoms. The van der Waals surface area contributed by atoms with Crippen molar-refractivity contribution in [3.63, 3.8) is 0 Å². The largest absolute Gasteiger partial charge is 0.478 e. The Balaban J connectivity index is 2.30. The first-order valence-electron chi connectivity index (χ1n) is 6.34. The quantitative estimate of drug-likeness (QED) is 0.813. The highest BCUT2D eigenvalue weighted by molar-refractivity contribution is 6.22. The predicted octanol–water partition coefficient (Wildman–Crippen LogP) is 0.459. The maximum Gasteiger partial charge on any atom is 0.335 e. The second-order valence-corrected chi connectivity index (χ2v) is 4.67. The summed E-state index contributed by atoms with van der Waals surface area (Å²) in [5.74, 6) is -2.76. The van der Waals surface area contributed by atoms with Gasteiger partial charge in [0, 0.05) is 13.6 Å². The van der Waals surface area contributed by atoms with Crippen LogP contribution in [0.25, 0.3) is 0 Å². The van der Waals surface area contributed by atoms with Gasteiger partial charge in [-0.1, -0.05) is 0 Å². The van der Waals surface area contributed by atoms with E-state index in [0.29, 0.717) is 6.54 Å². The van der Waals surface area contributed by atoms with Crippen molar-refractivity contribution in [1.82, 2.24) is 9.80 Å². The molecule has 21 heavy (non-hydrogen) atoms. The van der Waals surface area contributed by atoms with Gasteiger partial charge in [-0.3, -0.25) is 19.3 Å². The van der Waals surface area contributed by atoms with Gasteiger partial charge in [-0.25, -0.2) is 4.79 Å². The first-order chi connectivity index (χ1) is 9.86. The summed E-state index contributed by atoms with van der Waals surface area (Å²) in [7, 11) is 1.57. The zero-order chi connectivity index (χ0) is 15.7. The Hall–Kier alpha value is -2.70. The molecular weight excluding hydrogens is 276 g/mol. The van der Waals surface area contributed by atoms with Crippen molar-refractivity contribution in [3.05, 3.63) is 34.9 Å². The Labute approximate surface area is 120 Å². The molecule has 0 aromatic heterocycles. The summed E-state index contributed by atoms with van der Waals surface area (Å²) in [5, 5.41) is 8.91. The first-order valence-corrected chi connectivity index (χ1v) is 6.34. The van der Waals surface area contributed by atoms with Crippen LogP contribution in [-0.4, -0.2) is 58.7 Å². The number of fused-ring (bicyclic) bond motifs is 1. The molecule has 1 N–H and O–H groups in total. The van der Waals surface area contributed by atoms with Crippen LogP contribution in [0.3, 0.4) is 0 Å². The summed E-state index contributed by atoms with van der Waals surface area (Å²) in [4.78, 5) is 49.3. The molecule has 1 aliphatic heterocycles. The van der Waals surface area contributed by atoms with Crippen molar-refractivity contribution in [1.29, 1.82) is 0 Å². The maximum absolute atomic E-state index is 12.2. The highest BCUT2D eigenvalue weighted by atomic mass is 16.4. The SMILES string of the molecule is CCN(C)C(=O)CN1C(=O)c2ccc(C(=O)O)cc2C1=O. The molecule has 0 fully saturated rings. The molecule has 0 saturated carbocycles. The second kappa shape index (κ2) is 5.35. The lowest BCUT2D eigenvalue weighted by Gasteiger charge is -2.18. The summed E-state index contributed by atoms with van der Waals surface area (Å²) in [6.07, 6.45) is 0. The van der Waals surface area contributed by atoms with Crippen molar-refractivity contribution in [3.8, 4) is 0 Å². The highest BCUT2D eigenvalue weighted by Crippen LogP contribution is 2.24. The van der Waals surface area contributed by atoms with Gasteiger partial charge in [0.2, 0.25) is 5.91 Å². The lowest BCUT2D eigenvalue weighted by molar-refractivity contribution is -0.130. The van der Waals surface area contributed by atoms with Crippen LogP contribution in [0.1, 0.15) is 38.0 Å². The molecule has 0 atom stereocenters. The van der Waals surface area contributed by atoms with Gasteiger partial charge >= 0.3 is 5.97 Å². The molecule has 0 aliphatic carbocycles. The van der Waals surface area contributed by atoms with Crippen molar-refractivity contribution in [2.75, 3.05) is 20.1 Å². The Morgan fingerprint density at radius 1 is 1.19 bits per heavy atom. The number of carbonyl (C=O) groups is 4. The summed E-state index contributed by atoms with van der Waals surface area (Å²) in [6, 6.07) is 3.72. The van der Waals surface area contributed by atoms with E-state index >= 15 is 0 Å². The molecule has 0 bridgehead atoms. The molecule has 7 nitrogen and oxygen atoms in total. The van der Waals surface area contributed by atoms with E-state index in [1.54, 1.807) is 14.0 Å². The van der Waals surface area contributed by atoms with Crippen LogP contribution < -0.4 is 0 Å². The zero-order valence-electron chi connectivity index (χ0n) is 11.6. The van der Waals surface area contributed by atoms with Crippen LogP contribution in [0, 0.1) is 0 Å². The van der Waals surface area contributed by atoms with Crippen molar-refractivity contribution in [2.45, 2.75) is 6.92 Å². The molecule has 110 valence electrons. The van der Waals surface area contributed by atoms with Crippen LogP contribution in [0.2, 0.25) is 0 Å². The number of carboxylic acid groups (broad SMARTS) is 1. The standard InChI is InChI=1S/C14H14N2O5/c1-3-15(2)11(17)7-16-12(18)9-5-4-8(14(20)21)6-10(9)13(16)19/h4-6H,3,7H2,1-2H3,(H,20,21). The van der Waals surface area contributed by atoms with Crippen molar-refractivity contribution in [2.24, 2.45) is 0 Å². The fraction of sp³-hybridized carbons (Fsp3) is 0.286. The number of aromatic carboxylic acids is 1. The summed E-state index contributed by atoms with van der Waals surface area (Å²) in [6.45, 7) is 1.89. The summed E-state index contributed by atoms with van der Waals surface area (Å²) < 4.78 is 0. The summed E-state index contributed by atoms with van der Waals surface area (Å²) >= 11 is 0. The normalized spacial score (nSPS) is 13.3. The van der Waals surface area contributed by atoms with Crippen LogP contribution in [-0.2, 0) is 4.79 Å². The van der Waals surface area contributed by atoms with Gasteiger partial charge in [-0.05, 0) is 25.1 Å². The van der Waals surface area contributed by atoms with E-state index in [4.69, 9.17) is 5.11 Å². The average Bonchev–Trinajstić information content (AvgIpc) is 2.70. The second-order valence-electron chi connectivity index (χ2n) is 4.67. The average molecular weight is 290 g/mol. The monoisotopic (exact) mass is 290 g/mol. The lowest BCUT2D eigenvalue weighted by atomic mass is 10.1. The third kappa shape index (κ3) is 2.49. The lowest BCUT2D eigenvalue weighted by Crippen LogP contribution is -2.41. The Bertz CT molecular complexity index is 653. The van der Waals surface area contributed by atoms with Crippen LogP contribution in [0.4, 0.5) is 0 Å². The minimum atomic E-state index is -1.18. The van der Waals surface area contributed by atoms with E-state index in [-0.39, 0.29) is 29.1 Å². The molecule has 1 heterocycles. The third-order valence-electron chi connectivity index (χ3n) is 3.41. The molecule has 1 aromatic carbocycles. The molecule has 3 amide bonds. The highest BCUT2D eigenvalue weighted by Gasteiger charge is 2.37. The van der Waals surface area contributed by atoms with E-state index in [2.05, 4.69) is 0 Å². The Morgan fingerprint density at radius 3 is 2.38 bits per heavy atom. The van der Waals surface area contributed by atoms with Gasteiger partial charge in [0.05, 0.1) is 16.7 Å².